The van der Waals surface area contributed by atoms with Gasteiger partial charge in [0, 0.05) is 63.8 Å². The third kappa shape index (κ3) is 8.26. The lowest BCUT2D eigenvalue weighted by Crippen LogP contribution is -2.39. The van der Waals surface area contributed by atoms with Crippen molar-refractivity contribution in [3.63, 3.8) is 0 Å². The topological polar surface area (TPSA) is 104 Å². The molecule has 0 saturated carbocycles. The van der Waals surface area contributed by atoms with E-state index in [0.717, 1.165) is 24.3 Å². The summed E-state index contributed by atoms with van der Waals surface area (Å²) in [5.74, 6) is 1.19. The number of hydrogen-bond donors (Lipinski definition) is 2. The third-order valence-electron chi connectivity index (χ3n) is 6.37. The van der Waals surface area contributed by atoms with Crippen molar-refractivity contribution in [2.24, 2.45) is 0 Å². The highest BCUT2D eigenvalue weighted by Gasteiger charge is 2.25. The Kier molecular flexibility index (Phi) is 10.3. The zero-order valence-corrected chi connectivity index (χ0v) is 24.2. The Morgan fingerprint density at radius 3 is 2.47 bits per heavy atom. The molecule has 2 aromatic rings. The highest BCUT2D eigenvalue weighted by atomic mass is 32.2. The number of aromatic nitrogens is 2. The van der Waals surface area contributed by atoms with E-state index in [1.807, 2.05) is 25.7 Å². The largest absolute Gasteiger partial charge is 0.365 e. The van der Waals surface area contributed by atoms with E-state index in [0.29, 0.717) is 46.8 Å². The highest BCUT2D eigenvalue weighted by Crippen LogP contribution is 2.37. The normalized spacial score (nSPS) is 21.6. The molecule has 2 saturated heterocycles. The van der Waals surface area contributed by atoms with Crippen LogP contribution in [0.4, 0.5) is 14.6 Å². The molecule has 2 aliphatic rings. The van der Waals surface area contributed by atoms with Crippen molar-refractivity contribution >= 4 is 40.3 Å². The van der Waals surface area contributed by atoms with Crippen LogP contribution >= 0.6 is 11.3 Å². The fourth-order valence-electron chi connectivity index (χ4n) is 4.33. The predicted octanol–water partition coefficient (Wildman–Crippen LogP) is 4.93. The SMILES string of the molecule is CC1CCCN1C=O.Cc1nc(C(=O)NC2CCS(=O)CC2)sc1-c1cnc(NC(C)(C)C)cc1C(F)F. The number of halogens is 2. The number of thiazole rings is 1. The summed E-state index contributed by atoms with van der Waals surface area (Å²) in [5.41, 5.74) is 0.331. The van der Waals surface area contributed by atoms with E-state index in [2.05, 4.69) is 27.5 Å². The van der Waals surface area contributed by atoms with Gasteiger partial charge in [-0.05, 0) is 66.4 Å². The van der Waals surface area contributed by atoms with E-state index >= 15 is 0 Å². The summed E-state index contributed by atoms with van der Waals surface area (Å²) in [5, 5.41) is 6.25. The lowest BCUT2D eigenvalue weighted by Gasteiger charge is -2.22. The van der Waals surface area contributed by atoms with Gasteiger partial charge in [-0.1, -0.05) is 0 Å². The van der Waals surface area contributed by atoms with Gasteiger partial charge in [0.05, 0.1) is 10.6 Å². The summed E-state index contributed by atoms with van der Waals surface area (Å²) in [6.45, 7) is 10.5. The highest BCUT2D eigenvalue weighted by molar-refractivity contribution is 7.85. The van der Waals surface area contributed by atoms with Gasteiger partial charge in [0.25, 0.3) is 12.3 Å². The van der Waals surface area contributed by atoms with E-state index in [1.54, 1.807) is 6.92 Å². The van der Waals surface area contributed by atoms with Gasteiger partial charge >= 0.3 is 0 Å². The van der Waals surface area contributed by atoms with Gasteiger partial charge in [-0.15, -0.1) is 11.3 Å². The first-order chi connectivity index (χ1) is 17.9. The van der Waals surface area contributed by atoms with Crippen molar-refractivity contribution < 1.29 is 22.6 Å². The first-order valence-electron chi connectivity index (χ1n) is 12.8. The molecule has 210 valence electrons. The van der Waals surface area contributed by atoms with Crippen LogP contribution in [0.15, 0.2) is 12.3 Å². The van der Waals surface area contributed by atoms with Crippen molar-refractivity contribution in [2.45, 2.75) is 84.4 Å². The van der Waals surface area contributed by atoms with Crippen LogP contribution in [0, 0.1) is 6.92 Å². The van der Waals surface area contributed by atoms with Crippen LogP contribution in [0.5, 0.6) is 0 Å². The molecule has 1 atom stereocenters. The zero-order valence-electron chi connectivity index (χ0n) is 22.6. The zero-order chi connectivity index (χ0) is 28.0. The number of nitrogens with one attached hydrogen (secondary N) is 2. The van der Waals surface area contributed by atoms with Gasteiger partial charge in [0.15, 0.2) is 5.01 Å². The molecule has 0 radical (unpaired) electrons. The molecule has 4 rings (SSSR count). The van der Waals surface area contributed by atoms with Crippen molar-refractivity contribution in [3.8, 4) is 10.4 Å². The number of anilines is 1. The van der Waals surface area contributed by atoms with E-state index in [-0.39, 0.29) is 33.6 Å². The average molecular weight is 570 g/mol. The van der Waals surface area contributed by atoms with Crippen molar-refractivity contribution in [1.29, 1.82) is 0 Å². The molecule has 8 nitrogen and oxygen atoms in total. The lowest BCUT2D eigenvalue weighted by atomic mass is 10.1. The molecular formula is C26H37F2N5O3S2. The van der Waals surface area contributed by atoms with Crippen molar-refractivity contribution in [1.82, 2.24) is 20.2 Å². The summed E-state index contributed by atoms with van der Waals surface area (Å²) in [6.07, 6.45) is 3.35. The van der Waals surface area contributed by atoms with Gasteiger partial charge in [0.1, 0.15) is 5.82 Å². The van der Waals surface area contributed by atoms with Gasteiger partial charge < -0.3 is 15.5 Å². The number of likely N-dealkylation sites (tertiary alicyclic amines) is 1. The minimum Gasteiger partial charge on any atom is -0.365 e. The molecule has 4 heterocycles. The molecule has 0 bridgehead atoms. The Balaban J connectivity index is 0.000000427. The number of nitrogens with zero attached hydrogens (tertiary/aromatic N) is 3. The lowest BCUT2D eigenvalue weighted by molar-refractivity contribution is -0.118. The third-order valence-corrected chi connectivity index (χ3v) is 8.94. The number of rotatable bonds is 6. The van der Waals surface area contributed by atoms with Crippen molar-refractivity contribution in [2.75, 3.05) is 23.4 Å². The second kappa shape index (κ2) is 13.1. The number of alkyl halides is 2. The standard InChI is InChI=1S/C20H26F2N4O2S2.C6H11NO/c1-11-16(14-10-23-15(26-20(2,3)4)9-13(14)17(21)22)29-19(24-11)18(27)25-12-5-7-30(28)8-6-12;1-6-3-2-4-7(6)5-8/h9-10,12,17H,5-8H2,1-4H3,(H,23,26)(H,25,27);5-6H,2-4H2,1H3. The maximum atomic E-state index is 13.8. The first kappa shape index (κ1) is 30.1. The van der Waals surface area contributed by atoms with Crippen LogP contribution < -0.4 is 10.6 Å². The summed E-state index contributed by atoms with van der Waals surface area (Å²) < 4.78 is 39.0. The minimum absolute atomic E-state index is 0.0381. The molecule has 0 aliphatic carbocycles. The van der Waals surface area contributed by atoms with Crippen LogP contribution in [-0.2, 0) is 15.6 Å². The molecule has 1 unspecified atom stereocenters. The van der Waals surface area contributed by atoms with Gasteiger partial charge in [0.2, 0.25) is 6.41 Å². The number of pyridine rings is 1. The molecule has 2 N–H and O–H groups in total. The van der Waals surface area contributed by atoms with Crippen LogP contribution in [-0.4, -0.2) is 67.1 Å². The monoisotopic (exact) mass is 569 g/mol. The first-order valence-corrected chi connectivity index (χ1v) is 15.1. The molecule has 2 amide bonds. The molecule has 0 spiro atoms. The summed E-state index contributed by atoms with van der Waals surface area (Å²) in [6, 6.07) is 1.81. The van der Waals surface area contributed by atoms with E-state index in [9.17, 15) is 22.6 Å². The second-order valence-corrected chi connectivity index (χ2v) is 13.4. The van der Waals surface area contributed by atoms with Crippen LogP contribution in [0.25, 0.3) is 10.4 Å². The molecular weight excluding hydrogens is 532 g/mol. The Hall–Kier alpha value is -2.47. The maximum absolute atomic E-state index is 13.8. The molecule has 2 fully saturated rings. The number of carbonyl (C=O) groups excluding carboxylic acids is 2. The Bertz CT molecular complexity index is 1140. The number of carbonyl (C=O) groups is 2. The van der Waals surface area contributed by atoms with Gasteiger partial charge in [-0.25, -0.2) is 18.7 Å². The van der Waals surface area contributed by atoms with Gasteiger partial charge in [-0.3, -0.25) is 13.8 Å². The number of hydrogen-bond acceptors (Lipinski definition) is 7. The van der Waals surface area contributed by atoms with Gasteiger partial charge in [-0.2, -0.15) is 0 Å². The van der Waals surface area contributed by atoms with E-state index < -0.39 is 17.2 Å². The Morgan fingerprint density at radius 1 is 1.26 bits per heavy atom. The van der Waals surface area contributed by atoms with Crippen molar-refractivity contribution in [3.05, 3.63) is 28.5 Å². The quantitative estimate of drug-likeness (QED) is 0.478. The summed E-state index contributed by atoms with van der Waals surface area (Å²) in [4.78, 5) is 33.7. The Morgan fingerprint density at radius 2 is 1.95 bits per heavy atom. The average Bonchev–Trinajstić information content (AvgIpc) is 3.45. The Labute approximate surface area is 229 Å². The predicted molar refractivity (Wildman–Crippen MR) is 148 cm³/mol. The minimum atomic E-state index is -2.69. The molecule has 12 heteroatoms. The summed E-state index contributed by atoms with van der Waals surface area (Å²) >= 11 is 1.08. The smallest absolute Gasteiger partial charge is 0.280 e. The fraction of sp³-hybridized carbons (Fsp3) is 0.615. The summed E-state index contributed by atoms with van der Waals surface area (Å²) in [7, 11) is -0.808. The molecule has 2 aromatic heterocycles. The maximum Gasteiger partial charge on any atom is 0.280 e. The van der Waals surface area contributed by atoms with Crippen LogP contribution in [0.1, 0.15) is 80.9 Å². The molecule has 2 aliphatic heterocycles. The van der Waals surface area contributed by atoms with Crippen LogP contribution in [0.2, 0.25) is 0 Å². The fourth-order valence-corrected chi connectivity index (χ4v) is 6.63. The molecule has 0 aromatic carbocycles. The molecule has 38 heavy (non-hydrogen) atoms. The van der Waals surface area contributed by atoms with E-state index in [4.69, 9.17) is 0 Å². The van der Waals surface area contributed by atoms with E-state index in [1.165, 1.54) is 25.1 Å². The number of amides is 2. The number of aryl methyl sites for hydroxylation is 1. The van der Waals surface area contributed by atoms with Crippen LogP contribution in [0.3, 0.4) is 0 Å². The second-order valence-electron chi connectivity index (χ2n) is 10.7.